The molecule has 0 aromatic heterocycles. The van der Waals surface area contributed by atoms with Gasteiger partial charge in [-0.2, -0.15) is 0 Å². The van der Waals surface area contributed by atoms with E-state index in [1.54, 1.807) is 0 Å². The van der Waals surface area contributed by atoms with Crippen molar-refractivity contribution in [2.24, 2.45) is 0 Å². The molecule has 0 heterocycles. The molecule has 4 aromatic carbocycles. The van der Waals surface area contributed by atoms with Crippen molar-refractivity contribution < 1.29 is 4.79 Å². The summed E-state index contributed by atoms with van der Waals surface area (Å²) in [6.07, 6.45) is 0. The fourth-order valence-corrected chi connectivity index (χ4v) is 3.53. The highest BCUT2D eigenvalue weighted by Crippen LogP contribution is 2.35. The molecule has 0 bridgehead atoms. The second-order valence-electron chi connectivity index (χ2n) is 7.26. The Labute approximate surface area is 172 Å². The van der Waals surface area contributed by atoms with Crippen molar-refractivity contribution >= 4 is 22.8 Å². The van der Waals surface area contributed by atoms with Crippen LogP contribution in [0.25, 0.3) is 0 Å². The molecule has 0 fully saturated rings. The molecule has 0 spiro atoms. The van der Waals surface area contributed by atoms with Crippen LogP contribution >= 0.6 is 0 Å². The van der Waals surface area contributed by atoms with Gasteiger partial charge in [0.15, 0.2) is 5.78 Å². The Morgan fingerprint density at radius 3 is 1.72 bits per heavy atom. The van der Waals surface area contributed by atoms with Gasteiger partial charge in [0.05, 0.1) is 0 Å². The molecule has 0 aliphatic carbocycles. The van der Waals surface area contributed by atoms with Gasteiger partial charge in [-0.1, -0.05) is 66.2 Å². The number of anilines is 3. The Bertz CT molecular complexity index is 1150. The van der Waals surface area contributed by atoms with E-state index in [9.17, 15) is 4.79 Å². The van der Waals surface area contributed by atoms with Crippen LogP contribution in [0.2, 0.25) is 0 Å². The lowest BCUT2D eigenvalue weighted by Crippen LogP contribution is -2.11. The summed E-state index contributed by atoms with van der Waals surface area (Å²) in [6, 6.07) is 34.2. The fourth-order valence-electron chi connectivity index (χ4n) is 3.53. The number of rotatable bonds is 5. The lowest BCUT2D eigenvalue weighted by Gasteiger charge is -2.26. The summed E-state index contributed by atoms with van der Waals surface area (Å²) in [5, 5.41) is 0. The highest BCUT2D eigenvalue weighted by molar-refractivity contribution is 6.09. The van der Waals surface area contributed by atoms with Gasteiger partial charge in [0.25, 0.3) is 0 Å². The topological polar surface area (TPSA) is 20.3 Å². The minimum atomic E-state index is 0.0350. The largest absolute Gasteiger partial charge is 0.310 e. The molecule has 0 aliphatic rings. The molecule has 2 nitrogen and oxygen atoms in total. The highest BCUT2D eigenvalue weighted by Gasteiger charge is 2.15. The van der Waals surface area contributed by atoms with Gasteiger partial charge >= 0.3 is 0 Å². The lowest BCUT2D eigenvalue weighted by molar-refractivity contribution is 0.103. The Morgan fingerprint density at radius 1 is 0.552 bits per heavy atom. The van der Waals surface area contributed by atoms with Gasteiger partial charge in [-0.15, -0.1) is 0 Å². The van der Waals surface area contributed by atoms with Crippen LogP contribution in [0.15, 0.2) is 103 Å². The number of hydrogen-bond acceptors (Lipinski definition) is 2. The lowest BCUT2D eigenvalue weighted by atomic mass is 10.0. The number of aryl methyl sites for hydroxylation is 2. The van der Waals surface area contributed by atoms with Crippen LogP contribution in [-0.4, -0.2) is 5.78 Å². The summed E-state index contributed by atoms with van der Waals surface area (Å²) in [7, 11) is 0. The van der Waals surface area contributed by atoms with Crippen molar-refractivity contribution in [2.75, 3.05) is 4.90 Å². The van der Waals surface area contributed by atoms with Crippen LogP contribution in [0.5, 0.6) is 0 Å². The van der Waals surface area contributed by atoms with Crippen LogP contribution in [0.3, 0.4) is 0 Å². The van der Waals surface area contributed by atoms with E-state index in [-0.39, 0.29) is 5.78 Å². The first-order valence-corrected chi connectivity index (χ1v) is 9.75. The minimum Gasteiger partial charge on any atom is -0.310 e. The van der Waals surface area contributed by atoms with Gasteiger partial charge in [0.2, 0.25) is 0 Å². The predicted octanol–water partition coefficient (Wildman–Crippen LogP) is 7.00. The van der Waals surface area contributed by atoms with Crippen molar-refractivity contribution in [1.82, 2.24) is 0 Å². The normalized spacial score (nSPS) is 10.6. The number of hydrogen-bond donors (Lipinski definition) is 0. The Kier molecular flexibility index (Phi) is 5.26. The Hall–Kier alpha value is -3.65. The molecular formula is C27H23NO. The molecule has 29 heavy (non-hydrogen) atoms. The highest BCUT2D eigenvalue weighted by atomic mass is 16.1. The number of carbonyl (C=O) groups excluding carboxylic acids is 1. The average molecular weight is 377 g/mol. The number of ketones is 1. The van der Waals surface area contributed by atoms with Crippen molar-refractivity contribution in [3.05, 3.63) is 125 Å². The van der Waals surface area contributed by atoms with E-state index in [1.165, 1.54) is 5.56 Å². The molecule has 0 N–H and O–H groups in total. The van der Waals surface area contributed by atoms with Crippen molar-refractivity contribution in [3.8, 4) is 0 Å². The van der Waals surface area contributed by atoms with Gasteiger partial charge in [0, 0.05) is 28.2 Å². The first-order chi connectivity index (χ1) is 14.1. The van der Waals surface area contributed by atoms with Crippen LogP contribution < -0.4 is 4.90 Å². The van der Waals surface area contributed by atoms with Gasteiger partial charge in [-0.05, 0) is 61.9 Å². The minimum absolute atomic E-state index is 0.0350. The van der Waals surface area contributed by atoms with Gasteiger partial charge < -0.3 is 4.90 Å². The van der Waals surface area contributed by atoms with E-state index < -0.39 is 0 Å². The second kappa shape index (κ2) is 8.15. The first kappa shape index (κ1) is 18.7. The quantitative estimate of drug-likeness (QED) is 0.349. The Balaban J connectivity index is 1.80. The van der Waals surface area contributed by atoms with E-state index in [2.05, 4.69) is 48.2 Å². The first-order valence-electron chi connectivity index (χ1n) is 9.75. The maximum Gasteiger partial charge on any atom is 0.193 e. The van der Waals surface area contributed by atoms with Crippen LogP contribution in [-0.2, 0) is 0 Å². The van der Waals surface area contributed by atoms with E-state index in [1.807, 2.05) is 73.7 Å². The van der Waals surface area contributed by atoms with Crippen molar-refractivity contribution in [3.63, 3.8) is 0 Å². The zero-order chi connectivity index (χ0) is 20.2. The molecule has 2 heteroatoms. The zero-order valence-corrected chi connectivity index (χ0v) is 16.7. The number of nitrogens with zero attached hydrogens (tertiary/aromatic N) is 1. The second-order valence-corrected chi connectivity index (χ2v) is 7.26. The van der Waals surface area contributed by atoms with Crippen LogP contribution in [0.4, 0.5) is 17.1 Å². The van der Waals surface area contributed by atoms with Gasteiger partial charge in [0.1, 0.15) is 0 Å². The summed E-state index contributed by atoms with van der Waals surface area (Å²) < 4.78 is 0. The summed E-state index contributed by atoms with van der Waals surface area (Å²) >= 11 is 0. The third kappa shape index (κ3) is 4.12. The van der Waals surface area contributed by atoms with E-state index >= 15 is 0 Å². The van der Waals surface area contributed by atoms with Crippen molar-refractivity contribution in [1.29, 1.82) is 0 Å². The average Bonchev–Trinajstić information content (AvgIpc) is 2.74. The van der Waals surface area contributed by atoms with E-state index in [4.69, 9.17) is 0 Å². The molecule has 0 saturated carbocycles. The standard InChI is InChI=1S/C27H23NO/c1-20-9-6-11-22(17-20)27(29)23-12-8-16-26(19-23)28(24-13-4-3-5-14-24)25-15-7-10-21(2)18-25/h3-19H,1-2H3. The summed E-state index contributed by atoms with van der Waals surface area (Å²) in [5.41, 5.74) is 6.74. The molecule has 0 unspecified atom stereocenters. The number of benzene rings is 4. The molecule has 0 atom stereocenters. The molecule has 0 radical (unpaired) electrons. The van der Waals surface area contributed by atoms with Crippen LogP contribution in [0.1, 0.15) is 27.0 Å². The zero-order valence-electron chi connectivity index (χ0n) is 16.7. The molecule has 0 aliphatic heterocycles. The maximum absolute atomic E-state index is 13.1. The Morgan fingerprint density at radius 2 is 1.07 bits per heavy atom. The predicted molar refractivity (Wildman–Crippen MR) is 120 cm³/mol. The van der Waals surface area contributed by atoms with E-state index in [0.717, 1.165) is 22.6 Å². The molecule has 4 rings (SSSR count). The smallest absolute Gasteiger partial charge is 0.193 e. The number of carbonyl (C=O) groups is 1. The number of para-hydroxylation sites is 1. The SMILES string of the molecule is Cc1cccc(C(=O)c2cccc(N(c3ccccc3)c3cccc(C)c3)c2)c1. The van der Waals surface area contributed by atoms with Gasteiger partial charge in [-0.3, -0.25) is 4.79 Å². The maximum atomic E-state index is 13.1. The van der Waals surface area contributed by atoms with Gasteiger partial charge in [-0.25, -0.2) is 0 Å². The van der Waals surface area contributed by atoms with Crippen molar-refractivity contribution in [2.45, 2.75) is 13.8 Å². The summed E-state index contributed by atoms with van der Waals surface area (Å²) in [4.78, 5) is 15.3. The molecule has 4 aromatic rings. The molecule has 142 valence electrons. The van der Waals surface area contributed by atoms with E-state index in [0.29, 0.717) is 11.1 Å². The molecular weight excluding hydrogens is 354 g/mol. The summed E-state index contributed by atoms with van der Waals surface area (Å²) in [5.74, 6) is 0.0350. The monoisotopic (exact) mass is 377 g/mol. The molecule has 0 amide bonds. The summed E-state index contributed by atoms with van der Waals surface area (Å²) in [6.45, 7) is 4.09. The third-order valence-corrected chi connectivity index (χ3v) is 4.92. The van der Waals surface area contributed by atoms with Crippen LogP contribution in [0, 0.1) is 13.8 Å². The molecule has 0 saturated heterocycles. The third-order valence-electron chi connectivity index (χ3n) is 4.92. The fraction of sp³-hybridized carbons (Fsp3) is 0.0741.